The molecule has 1 aliphatic heterocycles. The van der Waals surface area contributed by atoms with E-state index in [1.165, 1.54) is 6.42 Å². The van der Waals surface area contributed by atoms with Gasteiger partial charge in [-0.05, 0) is 44.5 Å². The Bertz CT molecular complexity index is 321. The van der Waals surface area contributed by atoms with Gasteiger partial charge in [0.05, 0.1) is 12.3 Å². The average Bonchev–Trinajstić information content (AvgIpc) is 2.81. The summed E-state index contributed by atoms with van der Waals surface area (Å²) in [5.74, 6) is 1.70. The van der Waals surface area contributed by atoms with E-state index in [0.717, 1.165) is 37.0 Å². The molecule has 1 aliphatic rings. The van der Waals surface area contributed by atoms with Gasteiger partial charge in [0.2, 0.25) is 0 Å². The van der Waals surface area contributed by atoms with Crippen molar-refractivity contribution < 1.29 is 4.74 Å². The fourth-order valence-corrected chi connectivity index (χ4v) is 2.04. The SMILES string of the molecule is CCOc1ccccc1NCC1CCNC1. The first kappa shape index (κ1) is 11.3. The first-order valence-corrected chi connectivity index (χ1v) is 6.06. The van der Waals surface area contributed by atoms with Crippen LogP contribution in [0, 0.1) is 5.92 Å². The van der Waals surface area contributed by atoms with Crippen LogP contribution in [-0.4, -0.2) is 26.2 Å². The zero-order valence-electron chi connectivity index (χ0n) is 9.83. The van der Waals surface area contributed by atoms with Gasteiger partial charge < -0.3 is 15.4 Å². The van der Waals surface area contributed by atoms with Gasteiger partial charge >= 0.3 is 0 Å². The molecule has 1 fully saturated rings. The summed E-state index contributed by atoms with van der Waals surface area (Å²) in [5.41, 5.74) is 1.11. The number of anilines is 1. The molecule has 1 aromatic carbocycles. The minimum atomic E-state index is 0.712. The maximum atomic E-state index is 5.57. The van der Waals surface area contributed by atoms with Crippen LogP contribution in [0.2, 0.25) is 0 Å². The standard InChI is InChI=1S/C13H20N2O/c1-2-16-13-6-4-3-5-12(13)15-10-11-7-8-14-9-11/h3-6,11,14-15H,2,7-10H2,1H3. The van der Waals surface area contributed by atoms with Crippen molar-refractivity contribution in [3.8, 4) is 5.75 Å². The molecule has 1 atom stereocenters. The predicted molar refractivity (Wildman–Crippen MR) is 67.1 cm³/mol. The van der Waals surface area contributed by atoms with E-state index in [1.807, 2.05) is 25.1 Å². The van der Waals surface area contributed by atoms with E-state index in [0.29, 0.717) is 6.61 Å². The van der Waals surface area contributed by atoms with Crippen molar-refractivity contribution in [2.24, 2.45) is 5.92 Å². The van der Waals surface area contributed by atoms with E-state index >= 15 is 0 Å². The van der Waals surface area contributed by atoms with Crippen molar-refractivity contribution in [1.82, 2.24) is 5.32 Å². The Labute approximate surface area is 97.2 Å². The molecule has 0 radical (unpaired) electrons. The fourth-order valence-electron chi connectivity index (χ4n) is 2.04. The molecular formula is C13H20N2O. The fraction of sp³-hybridized carbons (Fsp3) is 0.538. The molecule has 16 heavy (non-hydrogen) atoms. The summed E-state index contributed by atoms with van der Waals surface area (Å²) in [7, 11) is 0. The zero-order chi connectivity index (χ0) is 11.2. The molecule has 0 bridgehead atoms. The molecule has 3 heteroatoms. The zero-order valence-corrected chi connectivity index (χ0v) is 9.83. The highest BCUT2D eigenvalue weighted by molar-refractivity contribution is 5.56. The Balaban J connectivity index is 1.91. The summed E-state index contributed by atoms with van der Waals surface area (Å²) < 4.78 is 5.57. The lowest BCUT2D eigenvalue weighted by molar-refractivity contribution is 0.341. The number of hydrogen-bond donors (Lipinski definition) is 2. The minimum absolute atomic E-state index is 0.712. The van der Waals surface area contributed by atoms with Crippen LogP contribution in [0.25, 0.3) is 0 Å². The van der Waals surface area contributed by atoms with E-state index in [4.69, 9.17) is 4.74 Å². The molecule has 88 valence electrons. The van der Waals surface area contributed by atoms with Gasteiger partial charge in [-0.1, -0.05) is 12.1 Å². The van der Waals surface area contributed by atoms with Crippen LogP contribution in [-0.2, 0) is 0 Å². The van der Waals surface area contributed by atoms with Crippen LogP contribution in [0.4, 0.5) is 5.69 Å². The van der Waals surface area contributed by atoms with E-state index < -0.39 is 0 Å². The quantitative estimate of drug-likeness (QED) is 0.797. The smallest absolute Gasteiger partial charge is 0.142 e. The maximum absolute atomic E-state index is 5.57. The van der Waals surface area contributed by atoms with Crippen molar-refractivity contribution >= 4 is 5.69 Å². The molecule has 1 aromatic rings. The maximum Gasteiger partial charge on any atom is 0.142 e. The second-order valence-corrected chi connectivity index (χ2v) is 4.17. The molecule has 1 unspecified atom stereocenters. The summed E-state index contributed by atoms with van der Waals surface area (Å²) in [6.45, 7) is 6.03. The Hall–Kier alpha value is -1.22. The first-order chi connectivity index (χ1) is 7.90. The van der Waals surface area contributed by atoms with Gasteiger partial charge in [0.1, 0.15) is 5.75 Å². The Kier molecular flexibility index (Phi) is 4.05. The highest BCUT2D eigenvalue weighted by Crippen LogP contribution is 2.24. The predicted octanol–water partition coefficient (Wildman–Crippen LogP) is 2.11. The lowest BCUT2D eigenvalue weighted by Crippen LogP contribution is -2.17. The first-order valence-electron chi connectivity index (χ1n) is 6.06. The van der Waals surface area contributed by atoms with Gasteiger partial charge in [0.15, 0.2) is 0 Å². The number of nitrogens with one attached hydrogen (secondary N) is 2. The monoisotopic (exact) mass is 220 g/mol. The van der Waals surface area contributed by atoms with Crippen LogP contribution in [0.15, 0.2) is 24.3 Å². The van der Waals surface area contributed by atoms with Crippen LogP contribution in [0.5, 0.6) is 5.75 Å². The molecule has 1 saturated heterocycles. The van der Waals surface area contributed by atoms with Gasteiger partial charge in [-0.2, -0.15) is 0 Å². The average molecular weight is 220 g/mol. The highest BCUT2D eigenvalue weighted by Gasteiger charge is 2.14. The van der Waals surface area contributed by atoms with Gasteiger partial charge in [-0.25, -0.2) is 0 Å². The van der Waals surface area contributed by atoms with E-state index in [-0.39, 0.29) is 0 Å². The van der Waals surface area contributed by atoms with Gasteiger partial charge in [0.25, 0.3) is 0 Å². The van der Waals surface area contributed by atoms with E-state index in [2.05, 4.69) is 16.7 Å². The number of ether oxygens (including phenoxy) is 1. The Morgan fingerprint density at radius 1 is 1.44 bits per heavy atom. The van der Waals surface area contributed by atoms with Crippen LogP contribution < -0.4 is 15.4 Å². The second-order valence-electron chi connectivity index (χ2n) is 4.17. The topological polar surface area (TPSA) is 33.3 Å². The summed E-state index contributed by atoms with van der Waals surface area (Å²) in [6, 6.07) is 8.14. The van der Waals surface area contributed by atoms with Crippen molar-refractivity contribution in [1.29, 1.82) is 0 Å². The molecule has 0 spiro atoms. The van der Waals surface area contributed by atoms with Crippen LogP contribution >= 0.6 is 0 Å². The third-order valence-electron chi connectivity index (χ3n) is 2.93. The van der Waals surface area contributed by atoms with Crippen molar-refractivity contribution in [2.45, 2.75) is 13.3 Å². The van der Waals surface area contributed by atoms with E-state index in [9.17, 15) is 0 Å². The third-order valence-corrected chi connectivity index (χ3v) is 2.93. The Morgan fingerprint density at radius 3 is 3.06 bits per heavy atom. The molecule has 3 nitrogen and oxygen atoms in total. The third kappa shape index (κ3) is 2.89. The molecule has 2 rings (SSSR count). The summed E-state index contributed by atoms with van der Waals surface area (Å²) in [5, 5.41) is 6.85. The molecule has 0 amide bonds. The lowest BCUT2D eigenvalue weighted by atomic mass is 10.1. The van der Waals surface area contributed by atoms with Crippen molar-refractivity contribution in [2.75, 3.05) is 31.6 Å². The highest BCUT2D eigenvalue weighted by atomic mass is 16.5. The summed E-state index contributed by atoms with van der Waals surface area (Å²) in [6.07, 6.45) is 1.27. The molecule has 2 N–H and O–H groups in total. The number of rotatable bonds is 5. The van der Waals surface area contributed by atoms with Crippen molar-refractivity contribution in [3.63, 3.8) is 0 Å². The molecule has 1 heterocycles. The van der Waals surface area contributed by atoms with Crippen molar-refractivity contribution in [3.05, 3.63) is 24.3 Å². The molecule has 0 aliphatic carbocycles. The van der Waals surface area contributed by atoms with Gasteiger partial charge in [0, 0.05) is 6.54 Å². The summed E-state index contributed by atoms with van der Waals surface area (Å²) in [4.78, 5) is 0. The molecule has 0 aromatic heterocycles. The van der Waals surface area contributed by atoms with E-state index in [1.54, 1.807) is 0 Å². The van der Waals surface area contributed by atoms with Gasteiger partial charge in [-0.15, -0.1) is 0 Å². The lowest BCUT2D eigenvalue weighted by Gasteiger charge is -2.14. The van der Waals surface area contributed by atoms with Crippen LogP contribution in [0.1, 0.15) is 13.3 Å². The summed E-state index contributed by atoms with van der Waals surface area (Å²) >= 11 is 0. The normalized spacial score (nSPS) is 19.7. The van der Waals surface area contributed by atoms with Crippen LogP contribution in [0.3, 0.4) is 0 Å². The number of para-hydroxylation sites is 2. The number of benzene rings is 1. The second kappa shape index (κ2) is 5.75. The molecular weight excluding hydrogens is 200 g/mol. The largest absolute Gasteiger partial charge is 0.492 e. The Morgan fingerprint density at radius 2 is 2.31 bits per heavy atom. The number of hydrogen-bond acceptors (Lipinski definition) is 3. The minimum Gasteiger partial charge on any atom is -0.492 e. The van der Waals surface area contributed by atoms with Gasteiger partial charge in [-0.3, -0.25) is 0 Å². The molecule has 0 saturated carbocycles.